The molecule has 1 unspecified atom stereocenters. The van der Waals surface area contributed by atoms with E-state index in [4.69, 9.17) is 0 Å². The number of nitrogens with zero attached hydrogens (tertiary/aromatic N) is 5. The van der Waals surface area contributed by atoms with Gasteiger partial charge in [0.1, 0.15) is 11.9 Å². The lowest BCUT2D eigenvalue weighted by Crippen LogP contribution is -2.53. The van der Waals surface area contributed by atoms with Gasteiger partial charge in [-0.05, 0) is 31.0 Å². The first-order valence-corrected chi connectivity index (χ1v) is 12.2. The molecule has 3 heterocycles. The molecule has 0 saturated carbocycles. The van der Waals surface area contributed by atoms with Crippen molar-refractivity contribution in [2.24, 2.45) is 5.92 Å². The van der Waals surface area contributed by atoms with Gasteiger partial charge in [0, 0.05) is 50.9 Å². The molecule has 0 aliphatic carbocycles. The van der Waals surface area contributed by atoms with Crippen LogP contribution in [0.15, 0.2) is 54.7 Å². The van der Waals surface area contributed by atoms with Crippen LogP contribution in [0.5, 0.6) is 0 Å². The monoisotopic (exact) mass is 486 g/mol. The van der Waals surface area contributed by atoms with Crippen LogP contribution < -0.4 is 10.2 Å². The summed E-state index contributed by atoms with van der Waals surface area (Å²) in [5, 5.41) is 13.2. The third-order valence-electron chi connectivity index (χ3n) is 6.95. The van der Waals surface area contributed by atoms with E-state index in [1.165, 1.54) is 12.1 Å². The quantitative estimate of drug-likeness (QED) is 0.607. The van der Waals surface area contributed by atoms with Gasteiger partial charge in [-0.15, -0.1) is 0 Å². The Morgan fingerprint density at radius 2 is 1.75 bits per heavy atom. The predicted octanol–water partition coefficient (Wildman–Crippen LogP) is 3.84. The molecule has 2 aliphatic heterocycles. The van der Waals surface area contributed by atoms with E-state index in [1.807, 2.05) is 29.2 Å². The number of anilines is 2. The highest BCUT2D eigenvalue weighted by Crippen LogP contribution is 2.30. The number of carbonyl (C=O) groups excluding carboxylic acids is 2. The molecule has 184 valence electrons. The Morgan fingerprint density at radius 3 is 2.53 bits per heavy atom. The van der Waals surface area contributed by atoms with Gasteiger partial charge in [-0.25, -0.2) is 9.18 Å². The Balaban J connectivity index is 1.22. The number of piperidine rings is 1. The summed E-state index contributed by atoms with van der Waals surface area (Å²) >= 11 is 0. The SMILES string of the molecule is N#Cc1cnc2ccccc2c1N1CCN(C(=O)C2CCCN(C(=O)Nc3ccccc3F)C2)CC1. The molecule has 36 heavy (non-hydrogen) atoms. The smallest absolute Gasteiger partial charge is 0.321 e. The number of hydrogen-bond donors (Lipinski definition) is 1. The van der Waals surface area contributed by atoms with E-state index in [2.05, 4.69) is 21.3 Å². The molecule has 0 spiro atoms. The topological polar surface area (TPSA) is 92.6 Å². The lowest BCUT2D eigenvalue weighted by atomic mass is 9.96. The molecule has 9 heteroatoms. The van der Waals surface area contributed by atoms with Crippen molar-refractivity contribution >= 4 is 34.2 Å². The molecule has 2 fully saturated rings. The van der Waals surface area contributed by atoms with Gasteiger partial charge in [-0.2, -0.15) is 5.26 Å². The molecule has 3 aromatic rings. The molecule has 2 saturated heterocycles. The number of carbonyl (C=O) groups is 2. The lowest BCUT2D eigenvalue weighted by Gasteiger charge is -2.40. The first-order chi connectivity index (χ1) is 17.5. The Bertz CT molecular complexity index is 1330. The van der Waals surface area contributed by atoms with Crippen molar-refractivity contribution in [2.75, 3.05) is 49.5 Å². The largest absolute Gasteiger partial charge is 0.366 e. The van der Waals surface area contributed by atoms with Gasteiger partial charge in [0.2, 0.25) is 5.91 Å². The summed E-state index contributed by atoms with van der Waals surface area (Å²) in [6, 6.07) is 15.7. The van der Waals surface area contributed by atoms with E-state index in [0.717, 1.165) is 29.4 Å². The number of piperazine rings is 1. The minimum Gasteiger partial charge on any atom is -0.366 e. The number of hydrogen-bond acceptors (Lipinski definition) is 5. The molecule has 1 aromatic heterocycles. The molecular weight excluding hydrogens is 459 g/mol. The molecule has 0 bridgehead atoms. The highest BCUT2D eigenvalue weighted by Gasteiger charge is 2.33. The number of benzene rings is 2. The number of nitriles is 1. The zero-order valence-corrected chi connectivity index (χ0v) is 19.9. The van der Waals surface area contributed by atoms with Crippen molar-refractivity contribution in [1.29, 1.82) is 5.26 Å². The summed E-state index contributed by atoms with van der Waals surface area (Å²) < 4.78 is 13.9. The molecular formula is C27H27FN6O2. The summed E-state index contributed by atoms with van der Waals surface area (Å²) in [5.41, 5.74) is 2.36. The van der Waals surface area contributed by atoms with Crippen molar-refractivity contribution in [3.8, 4) is 6.07 Å². The maximum Gasteiger partial charge on any atom is 0.321 e. The number of pyridine rings is 1. The van der Waals surface area contributed by atoms with Crippen LogP contribution in [0, 0.1) is 23.1 Å². The van der Waals surface area contributed by atoms with Crippen LogP contribution in [0.4, 0.5) is 20.6 Å². The van der Waals surface area contributed by atoms with Gasteiger partial charge in [0.15, 0.2) is 0 Å². The summed E-state index contributed by atoms with van der Waals surface area (Å²) in [5.74, 6) is -0.735. The molecule has 0 radical (unpaired) electrons. The number of likely N-dealkylation sites (tertiary alicyclic amines) is 1. The minimum absolute atomic E-state index is 0.0399. The van der Waals surface area contributed by atoms with Crippen molar-refractivity contribution < 1.29 is 14.0 Å². The number of urea groups is 1. The number of para-hydroxylation sites is 2. The zero-order chi connectivity index (χ0) is 25.1. The van der Waals surface area contributed by atoms with E-state index in [9.17, 15) is 19.2 Å². The molecule has 1 atom stereocenters. The second-order valence-corrected chi connectivity index (χ2v) is 9.16. The Hall–Kier alpha value is -4.19. The fourth-order valence-electron chi connectivity index (χ4n) is 5.08. The van der Waals surface area contributed by atoms with Gasteiger partial charge < -0.3 is 20.0 Å². The summed E-state index contributed by atoms with van der Waals surface area (Å²) in [7, 11) is 0. The van der Waals surface area contributed by atoms with Crippen LogP contribution >= 0.6 is 0 Å². The molecule has 3 amide bonds. The number of fused-ring (bicyclic) bond motifs is 1. The van der Waals surface area contributed by atoms with E-state index in [-0.39, 0.29) is 17.5 Å². The van der Waals surface area contributed by atoms with Crippen LogP contribution in [0.1, 0.15) is 18.4 Å². The van der Waals surface area contributed by atoms with E-state index >= 15 is 0 Å². The molecule has 2 aliphatic rings. The maximum atomic E-state index is 13.9. The summed E-state index contributed by atoms with van der Waals surface area (Å²) in [4.78, 5) is 36.1. The first-order valence-electron chi connectivity index (χ1n) is 12.2. The summed E-state index contributed by atoms with van der Waals surface area (Å²) in [6.07, 6.45) is 3.05. The average molecular weight is 487 g/mol. The highest BCUT2D eigenvalue weighted by atomic mass is 19.1. The van der Waals surface area contributed by atoms with E-state index in [1.54, 1.807) is 23.2 Å². The van der Waals surface area contributed by atoms with Gasteiger partial charge in [0.05, 0.1) is 28.4 Å². The second-order valence-electron chi connectivity index (χ2n) is 9.16. The van der Waals surface area contributed by atoms with Crippen LogP contribution in [-0.4, -0.2) is 66.0 Å². The Labute approximate surface area is 208 Å². The molecule has 1 N–H and O–H groups in total. The lowest BCUT2D eigenvalue weighted by molar-refractivity contribution is -0.137. The molecule has 5 rings (SSSR count). The summed E-state index contributed by atoms with van der Waals surface area (Å²) in [6.45, 7) is 3.14. The number of halogens is 1. The highest BCUT2D eigenvalue weighted by molar-refractivity contribution is 5.94. The number of nitrogens with one attached hydrogen (secondary N) is 1. The van der Waals surface area contributed by atoms with E-state index in [0.29, 0.717) is 44.8 Å². The first kappa shape index (κ1) is 23.5. The fourth-order valence-corrected chi connectivity index (χ4v) is 5.08. The fraction of sp³-hybridized carbons (Fsp3) is 0.333. The van der Waals surface area contributed by atoms with Crippen LogP contribution in [0.25, 0.3) is 10.9 Å². The number of amides is 3. The van der Waals surface area contributed by atoms with Gasteiger partial charge >= 0.3 is 6.03 Å². The van der Waals surface area contributed by atoms with E-state index < -0.39 is 11.8 Å². The second kappa shape index (κ2) is 10.2. The third-order valence-corrected chi connectivity index (χ3v) is 6.95. The van der Waals surface area contributed by atoms with Crippen molar-refractivity contribution in [3.05, 3.63) is 66.1 Å². The number of aromatic nitrogens is 1. The van der Waals surface area contributed by atoms with Gasteiger partial charge in [0.25, 0.3) is 0 Å². The number of rotatable bonds is 3. The van der Waals surface area contributed by atoms with Gasteiger partial charge in [-0.3, -0.25) is 9.78 Å². The third kappa shape index (κ3) is 4.67. The molecule has 2 aromatic carbocycles. The zero-order valence-electron chi connectivity index (χ0n) is 19.9. The average Bonchev–Trinajstić information content (AvgIpc) is 2.93. The maximum absolute atomic E-state index is 13.9. The van der Waals surface area contributed by atoms with Crippen LogP contribution in [0.2, 0.25) is 0 Å². The van der Waals surface area contributed by atoms with Crippen LogP contribution in [-0.2, 0) is 4.79 Å². The van der Waals surface area contributed by atoms with Crippen molar-refractivity contribution in [3.63, 3.8) is 0 Å². The Kier molecular flexibility index (Phi) is 6.67. The van der Waals surface area contributed by atoms with Crippen molar-refractivity contribution in [2.45, 2.75) is 12.8 Å². The van der Waals surface area contributed by atoms with Crippen molar-refractivity contribution in [1.82, 2.24) is 14.8 Å². The van der Waals surface area contributed by atoms with Gasteiger partial charge in [-0.1, -0.05) is 30.3 Å². The van der Waals surface area contributed by atoms with Crippen LogP contribution in [0.3, 0.4) is 0 Å². The normalized spacial score (nSPS) is 18.1. The standard InChI is InChI=1S/C27H27FN6O2/c28-22-8-2-4-10-24(22)31-27(36)34-11-5-6-19(18-34)26(35)33-14-12-32(13-15-33)25-20(16-29)17-30-23-9-3-1-7-21(23)25/h1-4,7-10,17,19H,5-6,11-15,18H2,(H,31,36). The Morgan fingerprint density at radius 1 is 1.00 bits per heavy atom. The molecule has 8 nitrogen and oxygen atoms in total. The predicted molar refractivity (Wildman–Crippen MR) is 135 cm³/mol. The minimum atomic E-state index is -0.491.